The molecule has 176 valence electrons. The van der Waals surface area contributed by atoms with Gasteiger partial charge in [-0.05, 0) is 71.0 Å². The van der Waals surface area contributed by atoms with E-state index in [1.165, 1.54) is 0 Å². The molecule has 9 heteroatoms. The minimum absolute atomic E-state index is 0.159. The van der Waals surface area contributed by atoms with Crippen LogP contribution in [0.4, 0.5) is 0 Å². The van der Waals surface area contributed by atoms with E-state index < -0.39 is 6.04 Å². The number of pyridine rings is 1. The van der Waals surface area contributed by atoms with Gasteiger partial charge in [0.15, 0.2) is 5.82 Å². The molecule has 1 saturated heterocycles. The molecule has 0 radical (unpaired) electrons. The Balaban J connectivity index is 1.57. The van der Waals surface area contributed by atoms with Gasteiger partial charge in [0.05, 0.1) is 19.8 Å². The highest BCUT2D eigenvalue weighted by molar-refractivity contribution is 5.79. The predicted molar refractivity (Wildman–Crippen MR) is 128 cm³/mol. The highest BCUT2D eigenvalue weighted by atomic mass is 16.5. The zero-order valence-electron chi connectivity index (χ0n) is 19.3. The van der Waals surface area contributed by atoms with Crippen molar-refractivity contribution in [3.63, 3.8) is 0 Å². The third-order valence-electron chi connectivity index (χ3n) is 6.48. The molecule has 9 nitrogen and oxygen atoms in total. The van der Waals surface area contributed by atoms with Crippen molar-refractivity contribution in [1.29, 1.82) is 0 Å². The average Bonchev–Trinajstić information content (AvgIpc) is 3.29. The number of ether oxygens (including phenoxy) is 1. The number of aromatic nitrogens is 5. The number of fused-ring (bicyclic) bond motifs is 1. The average molecular weight is 461 g/mol. The van der Waals surface area contributed by atoms with E-state index in [1.807, 2.05) is 55.5 Å². The second-order valence-corrected chi connectivity index (χ2v) is 8.86. The highest BCUT2D eigenvalue weighted by Crippen LogP contribution is 2.30. The Labute approximate surface area is 197 Å². The van der Waals surface area contributed by atoms with Gasteiger partial charge in [-0.1, -0.05) is 24.3 Å². The number of aliphatic hydroxyl groups excluding tert-OH is 1. The lowest BCUT2D eigenvalue weighted by Crippen LogP contribution is -2.41. The molecule has 4 aromatic rings. The van der Waals surface area contributed by atoms with E-state index in [0.29, 0.717) is 43.9 Å². The van der Waals surface area contributed by atoms with Crippen LogP contribution in [0.2, 0.25) is 0 Å². The number of nitrogens with zero attached hydrogens (tertiary/aromatic N) is 5. The minimum atomic E-state index is -0.435. The molecule has 1 fully saturated rings. The molecule has 0 spiro atoms. The Bertz CT molecular complexity index is 1340. The van der Waals surface area contributed by atoms with Crippen molar-refractivity contribution in [2.45, 2.75) is 38.5 Å². The molecule has 1 aliphatic heterocycles. The second-order valence-electron chi connectivity index (χ2n) is 8.86. The second kappa shape index (κ2) is 9.36. The van der Waals surface area contributed by atoms with Crippen LogP contribution in [0.3, 0.4) is 0 Å². The summed E-state index contributed by atoms with van der Waals surface area (Å²) in [6.07, 6.45) is 0.952. The number of benzene rings is 2. The van der Waals surface area contributed by atoms with Crippen LogP contribution in [0.1, 0.15) is 41.4 Å². The first-order chi connectivity index (χ1) is 16.5. The van der Waals surface area contributed by atoms with Crippen molar-refractivity contribution in [2.24, 2.45) is 0 Å². The standard InChI is InChI=1S/C25H28N6O3/c1-16-3-6-18-14-21(25(33)26-22(18)13-16)23(30-11-9-19(32)10-12-30)24-27-28-29-31(24)15-17-4-7-20(34-2)8-5-17/h3-8,13-14,19,23,32H,9-12,15H2,1-2H3,(H,26,33)/t23-/m1/s1. The maximum atomic E-state index is 13.3. The Kier molecular flexibility index (Phi) is 6.12. The molecule has 0 bridgehead atoms. The maximum absolute atomic E-state index is 13.3. The van der Waals surface area contributed by atoms with Crippen molar-refractivity contribution in [1.82, 2.24) is 30.1 Å². The molecular formula is C25H28N6O3. The molecule has 0 aliphatic carbocycles. The Morgan fingerprint density at radius 2 is 1.91 bits per heavy atom. The van der Waals surface area contributed by atoms with E-state index >= 15 is 0 Å². The van der Waals surface area contributed by atoms with Crippen LogP contribution in [0.15, 0.2) is 53.3 Å². The Morgan fingerprint density at radius 3 is 2.65 bits per heavy atom. The Hall–Kier alpha value is -3.56. The fraction of sp³-hybridized carbons (Fsp3) is 0.360. The van der Waals surface area contributed by atoms with E-state index in [-0.39, 0.29) is 11.7 Å². The van der Waals surface area contributed by atoms with Crippen LogP contribution in [0.25, 0.3) is 10.9 Å². The summed E-state index contributed by atoms with van der Waals surface area (Å²) in [5.74, 6) is 1.38. The third kappa shape index (κ3) is 4.44. The van der Waals surface area contributed by atoms with Crippen LogP contribution in [-0.2, 0) is 6.54 Å². The van der Waals surface area contributed by atoms with Crippen molar-refractivity contribution in [3.05, 3.63) is 81.4 Å². The summed E-state index contributed by atoms with van der Waals surface area (Å²) in [7, 11) is 1.64. The van der Waals surface area contributed by atoms with Gasteiger partial charge in [0.25, 0.3) is 5.56 Å². The molecule has 2 N–H and O–H groups in total. The number of H-pyrrole nitrogens is 1. The molecule has 0 amide bonds. The fourth-order valence-electron chi connectivity index (χ4n) is 4.60. The van der Waals surface area contributed by atoms with E-state index in [1.54, 1.807) is 11.8 Å². The Morgan fingerprint density at radius 1 is 1.15 bits per heavy atom. The summed E-state index contributed by atoms with van der Waals surface area (Å²) >= 11 is 0. The monoisotopic (exact) mass is 460 g/mol. The first kappa shape index (κ1) is 22.2. The molecule has 34 heavy (non-hydrogen) atoms. The molecule has 0 unspecified atom stereocenters. The van der Waals surface area contributed by atoms with Gasteiger partial charge in [-0.3, -0.25) is 9.69 Å². The number of tetrazole rings is 1. The highest BCUT2D eigenvalue weighted by Gasteiger charge is 2.32. The molecule has 0 saturated carbocycles. The van der Waals surface area contributed by atoms with Gasteiger partial charge < -0.3 is 14.8 Å². The van der Waals surface area contributed by atoms with Crippen LogP contribution >= 0.6 is 0 Å². The summed E-state index contributed by atoms with van der Waals surface area (Å²) in [6, 6.07) is 15.3. The number of rotatable bonds is 6. The van der Waals surface area contributed by atoms with E-state index in [2.05, 4.69) is 25.4 Å². The largest absolute Gasteiger partial charge is 0.497 e. The SMILES string of the molecule is COc1ccc(Cn2nnnc2[C@@H](c2cc3ccc(C)cc3[nH]c2=O)N2CCC(O)CC2)cc1. The molecule has 1 aliphatic rings. The number of aliphatic hydroxyl groups is 1. The lowest BCUT2D eigenvalue weighted by Gasteiger charge is -2.35. The number of hydrogen-bond donors (Lipinski definition) is 2. The fourth-order valence-corrected chi connectivity index (χ4v) is 4.60. The van der Waals surface area contributed by atoms with Gasteiger partial charge in [0.1, 0.15) is 11.8 Å². The molecular weight excluding hydrogens is 432 g/mol. The molecule has 5 rings (SSSR count). The van der Waals surface area contributed by atoms with Crippen molar-refractivity contribution in [2.75, 3.05) is 20.2 Å². The van der Waals surface area contributed by atoms with Crippen LogP contribution < -0.4 is 10.3 Å². The summed E-state index contributed by atoms with van der Waals surface area (Å²) < 4.78 is 7.00. The van der Waals surface area contributed by atoms with Crippen molar-refractivity contribution >= 4 is 10.9 Å². The van der Waals surface area contributed by atoms with E-state index in [4.69, 9.17) is 4.74 Å². The van der Waals surface area contributed by atoms with E-state index in [0.717, 1.165) is 27.8 Å². The smallest absolute Gasteiger partial charge is 0.253 e. The normalized spacial score (nSPS) is 16.1. The van der Waals surface area contributed by atoms with Crippen molar-refractivity contribution in [3.8, 4) is 5.75 Å². The number of nitrogens with one attached hydrogen (secondary N) is 1. The number of hydrogen-bond acceptors (Lipinski definition) is 7. The molecule has 3 heterocycles. The first-order valence-electron chi connectivity index (χ1n) is 11.5. The van der Waals surface area contributed by atoms with Gasteiger partial charge in [0.2, 0.25) is 0 Å². The minimum Gasteiger partial charge on any atom is -0.497 e. The number of methoxy groups -OCH3 is 1. The maximum Gasteiger partial charge on any atom is 0.253 e. The van der Waals surface area contributed by atoms with Gasteiger partial charge in [-0.25, -0.2) is 4.68 Å². The quantitative estimate of drug-likeness (QED) is 0.455. The molecule has 2 aromatic heterocycles. The lowest BCUT2D eigenvalue weighted by molar-refractivity contribution is 0.0659. The van der Waals surface area contributed by atoms with Crippen LogP contribution in [0, 0.1) is 6.92 Å². The van der Waals surface area contributed by atoms with E-state index in [9.17, 15) is 9.90 Å². The van der Waals surface area contributed by atoms with Gasteiger partial charge in [-0.2, -0.15) is 0 Å². The topological polar surface area (TPSA) is 109 Å². The summed E-state index contributed by atoms with van der Waals surface area (Å²) in [5.41, 5.74) is 3.34. The zero-order chi connectivity index (χ0) is 23.7. The zero-order valence-corrected chi connectivity index (χ0v) is 19.3. The number of piperidine rings is 1. The number of aryl methyl sites for hydroxylation is 1. The third-order valence-corrected chi connectivity index (χ3v) is 6.48. The number of aromatic amines is 1. The molecule has 2 aromatic carbocycles. The van der Waals surface area contributed by atoms with Gasteiger partial charge >= 0.3 is 0 Å². The first-order valence-corrected chi connectivity index (χ1v) is 11.5. The summed E-state index contributed by atoms with van der Waals surface area (Å²) in [4.78, 5) is 18.5. The summed E-state index contributed by atoms with van der Waals surface area (Å²) in [6.45, 7) is 3.75. The van der Waals surface area contributed by atoms with Crippen molar-refractivity contribution < 1.29 is 9.84 Å². The van der Waals surface area contributed by atoms with Gasteiger partial charge in [0, 0.05) is 24.2 Å². The summed E-state index contributed by atoms with van der Waals surface area (Å²) in [5, 5.41) is 23.6. The predicted octanol–water partition coefficient (Wildman–Crippen LogP) is 2.43. The lowest BCUT2D eigenvalue weighted by atomic mass is 9.99. The number of likely N-dealkylation sites (tertiary alicyclic amines) is 1. The van der Waals surface area contributed by atoms with Gasteiger partial charge in [-0.15, -0.1) is 5.10 Å². The van der Waals surface area contributed by atoms with Crippen LogP contribution in [0.5, 0.6) is 5.75 Å². The van der Waals surface area contributed by atoms with Crippen LogP contribution in [-0.4, -0.2) is 61.5 Å². The molecule has 1 atom stereocenters.